The topological polar surface area (TPSA) is 45.8 Å². The van der Waals surface area contributed by atoms with Crippen LogP contribution in [-0.2, 0) is 6.42 Å². The third kappa shape index (κ3) is 2.88. The van der Waals surface area contributed by atoms with Crippen LogP contribution in [0.2, 0.25) is 0 Å². The number of aromatic nitrogens is 2. The van der Waals surface area contributed by atoms with Gasteiger partial charge in [-0.25, -0.2) is 4.98 Å². The molecular formula is C12H18N2OS. The van der Waals surface area contributed by atoms with Crippen LogP contribution >= 0.6 is 11.8 Å². The van der Waals surface area contributed by atoms with E-state index in [1.54, 1.807) is 6.07 Å². The van der Waals surface area contributed by atoms with Crippen LogP contribution in [0, 0.1) is 0 Å². The summed E-state index contributed by atoms with van der Waals surface area (Å²) in [5.41, 5.74) is 0.937. The molecular weight excluding hydrogens is 220 g/mol. The van der Waals surface area contributed by atoms with E-state index in [0.29, 0.717) is 5.25 Å². The standard InChI is InChI=1S/C12H18N2OS/c1-2-5-9-8-11(15)14-12(13-9)10-6-3-4-7-16-10/h8,10H,2-7H2,1H3,(H,13,14,15). The monoisotopic (exact) mass is 238 g/mol. The minimum Gasteiger partial charge on any atom is -0.310 e. The third-order valence-electron chi connectivity index (χ3n) is 2.80. The number of rotatable bonds is 3. The predicted molar refractivity (Wildman–Crippen MR) is 67.9 cm³/mol. The van der Waals surface area contributed by atoms with E-state index in [2.05, 4.69) is 16.9 Å². The second-order valence-electron chi connectivity index (χ2n) is 4.23. The van der Waals surface area contributed by atoms with E-state index in [1.807, 2.05) is 11.8 Å². The molecule has 1 aliphatic heterocycles. The lowest BCUT2D eigenvalue weighted by Crippen LogP contribution is -2.16. The summed E-state index contributed by atoms with van der Waals surface area (Å²) in [5, 5.41) is 0.401. The van der Waals surface area contributed by atoms with Crippen LogP contribution in [0.15, 0.2) is 10.9 Å². The number of nitrogens with zero attached hydrogens (tertiary/aromatic N) is 1. The molecule has 0 amide bonds. The summed E-state index contributed by atoms with van der Waals surface area (Å²) in [6.45, 7) is 2.11. The molecule has 0 bridgehead atoms. The third-order valence-corrected chi connectivity index (χ3v) is 4.19. The number of hydrogen-bond acceptors (Lipinski definition) is 3. The highest BCUT2D eigenvalue weighted by Gasteiger charge is 2.18. The molecule has 16 heavy (non-hydrogen) atoms. The van der Waals surface area contributed by atoms with Gasteiger partial charge >= 0.3 is 0 Å². The summed E-state index contributed by atoms with van der Waals surface area (Å²) in [5.74, 6) is 2.08. The smallest absolute Gasteiger partial charge is 0.251 e. The summed E-state index contributed by atoms with van der Waals surface area (Å²) >= 11 is 1.92. The molecule has 4 heteroatoms. The van der Waals surface area contributed by atoms with Gasteiger partial charge in [0.05, 0.1) is 5.25 Å². The van der Waals surface area contributed by atoms with E-state index in [-0.39, 0.29) is 5.56 Å². The van der Waals surface area contributed by atoms with Crippen molar-refractivity contribution in [3.63, 3.8) is 0 Å². The molecule has 1 aromatic heterocycles. The van der Waals surface area contributed by atoms with Crippen molar-refractivity contribution in [3.05, 3.63) is 27.9 Å². The molecule has 1 atom stereocenters. The number of H-pyrrole nitrogens is 1. The van der Waals surface area contributed by atoms with Crippen LogP contribution < -0.4 is 5.56 Å². The van der Waals surface area contributed by atoms with Crippen molar-refractivity contribution in [2.75, 3.05) is 5.75 Å². The average molecular weight is 238 g/mol. The Bertz CT molecular complexity index is 396. The molecule has 0 aliphatic carbocycles. The molecule has 1 aromatic rings. The Morgan fingerprint density at radius 3 is 3.12 bits per heavy atom. The number of thioether (sulfide) groups is 1. The zero-order valence-corrected chi connectivity index (χ0v) is 10.5. The normalized spacial score (nSPS) is 20.9. The molecule has 1 saturated heterocycles. The number of aromatic amines is 1. The van der Waals surface area contributed by atoms with Gasteiger partial charge in [0.15, 0.2) is 0 Å². The van der Waals surface area contributed by atoms with E-state index in [0.717, 1.165) is 30.8 Å². The first-order valence-corrected chi connectivity index (χ1v) is 7.06. The average Bonchev–Trinajstić information content (AvgIpc) is 2.30. The molecule has 2 heterocycles. The van der Waals surface area contributed by atoms with Crippen LogP contribution in [0.25, 0.3) is 0 Å². The van der Waals surface area contributed by atoms with Gasteiger partial charge in [-0.1, -0.05) is 19.8 Å². The van der Waals surface area contributed by atoms with Gasteiger partial charge in [-0.05, 0) is 25.0 Å². The van der Waals surface area contributed by atoms with E-state index in [4.69, 9.17) is 0 Å². The largest absolute Gasteiger partial charge is 0.310 e. The summed E-state index contributed by atoms with van der Waals surface area (Å²) in [4.78, 5) is 19.0. The molecule has 1 N–H and O–H groups in total. The molecule has 88 valence electrons. The van der Waals surface area contributed by atoms with Crippen LogP contribution in [0.5, 0.6) is 0 Å². The Labute approximate surface area is 100 Å². The van der Waals surface area contributed by atoms with Gasteiger partial charge in [0.1, 0.15) is 5.82 Å². The summed E-state index contributed by atoms with van der Waals surface area (Å²) < 4.78 is 0. The van der Waals surface area contributed by atoms with Crippen LogP contribution in [0.4, 0.5) is 0 Å². The molecule has 0 spiro atoms. The zero-order chi connectivity index (χ0) is 11.4. The quantitative estimate of drug-likeness (QED) is 0.880. The molecule has 1 unspecified atom stereocenters. The Kier molecular flexibility index (Phi) is 4.04. The first kappa shape index (κ1) is 11.7. The fraction of sp³-hybridized carbons (Fsp3) is 0.667. The van der Waals surface area contributed by atoms with E-state index >= 15 is 0 Å². The van der Waals surface area contributed by atoms with Crippen molar-refractivity contribution in [3.8, 4) is 0 Å². The van der Waals surface area contributed by atoms with Crippen molar-refractivity contribution in [2.24, 2.45) is 0 Å². The van der Waals surface area contributed by atoms with Crippen LogP contribution in [-0.4, -0.2) is 15.7 Å². The number of nitrogens with one attached hydrogen (secondary N) is 1. The van der Waals surface area contributed by atoms with Gasteiger partial charge < -0.3 is 4.98 Å². The first-order valence-electron chi connectivity index (χ1n) is 6.01. The SMILES string of the molecule is CCCc1cc(=O)[nH]c(C2CCCCS2)n1. The van der Waals surface area contributed by atoms with Crippen molar-refractivity contribution < 1.29 is 0 Å². The summed E-state index contributed by atoms with van der Waals surface area (Å²) in [6, 6.07) is 1.63. The minimum atomic E-state index is -0.000349. The fourth-order valence-corrected chi connectivity index (χ4v) is 3.28. The molecule has 3 nitrogen and oxygen atoms in total. The summed E-state index contributed by atoms with van der Waals surface area (Å²) in [6.07, 6.45) is 5.62. The first-order chi connectivity index (χ1) is 7.79. The predicted octanol–water partition coefficient (Wildman–Crippen LogP) is 2.68. The highest BCUT2D eigenvalue weighted by atomic mass is 32.2. The second kappa shape index (κ2) is 5.53. The van der Waals surface area contributed by atoms with Crippen molar-refractivity contribution >= 4 is 11.8 Å². The molecule has 1 fully saturated rings. The maximum absolute atomic E-state index is 11.5. The molecule has 0 radical (unpaired) electrons. The van der Waals surface area contributed by atoms with Gasteiger partial charge in [-0.3, -0.25) is 4.79 Å². The fourth-order valence-electron chi connectivity index (χ4n) is 2.02. The lowest BCUT2D eigenvalue weighted by molar-refractivity contribution is 0.654. The van der Waals surface area contributed by atoms with Crippen molar-refractivity contribution in [1.82, 2.24) is 9.97 Å². The van der Waals surface area contributed by atoms with Crippen molar-refractivity contribution in [1.29, 1.82) is 0 Å². The number of aryl methyl sites for hydroxylation is 1. The molecule has 0 aromatic carbocycles. The molecule has 1 aliphatic rings. The second-order valence-corrected chi connectivity index (χ2v) is 5.54. The van der Waals surface area contributed by atoms with Gasteiger partial charge in [0.2, 0.25) is 0 Å². The van der Waals surface area contributed by atoms with Gasteiger partial charge in [-0.2, -0.15) is 11.8 Å². The van der Waals surface area contributed by atoms with E-state index < -0.39 is 0 Å². The maximum Gasteiger partial charge on any atom is 0.251 e. The van der Waals surface area contributed by atoms with Gasteiger partial charge in [0.25, 0.3) is 5.56 Å². The summed E-state index contributed by atoms with van der Waals surface area (Å²) in [7, 11) is 0. The lowest BCUT2D eigenvalue weighted by atomic mass is 10.1. The molecule has 2 rings (SSSR count). The highest BCUT2D eigenvalue weighted by molar-refractivity contribution is 7.99. The van der Waals surface area contributed by atoms with Gasteiger partial charge in [-0.15, -0.1) is 0 Å². The van der Waals surface area contributed by atoms with E-state index in [1.165, 1.54) is 18.6 Å². The van der Waals surface area contributed by atoms with E-state index in [9.17, 15) is 4.79 Å². The lowest BCUT2D eigenvalue weighted by Gasteiger charge is -2.20. The Balaban J connectivity index is 2.21. The Morgan fingerprint density at radius 1 is 1.56 bits per heavy atom. The Morgan fingerprint density at radius 2 is 2.44 bits per heavy atom. The molecule has 0 saturated carbocycles. The van der Waals surface area contributed by atoms with Crippen LogP contribution in [0.3, 0.4) is 0 Å². The minimum absolute atomic E-state index is 0.000349. The van der Waals surface area contributed by atoms with Gasteiger partial charge in [0, 0.05) is 11.8 Å². The zero-order valence-electron chi connectivity index (χ0n) is 9.66. The van der Waals surface area contributed by atoms with Crippen LogP contribution in [0.1, 0.15) is 49.4 Å². The number of hydrogen-bond donors (Lipinski definition) is 1. The Hall–Kier alpha value is -0.770. The van der Waals surface area contributed by atoms with Crippen molar-refractivity contribution in [2.45, 2.75) is 44.3 Å². The maximum atomic E-state index is 11.5. The highest BCUT2D eigenvalue weighted by Crippen LogP contribution is 2.36.